The molecule has 0 bridgehead atoms. The number of likely N-dealkylation sites (tertiary alicyclic amines) is 1. The van der Waals surface area contributed by atoms with Gasteiger partial charge in [0.05, 0.1) is 18.8 Å². The Kier molecular flexibility index (Phi) is 7.42. The van der Waals surface area contributed by atoms with E-state index in [1.807, 2.05) is 6.92 Å². The second-order valence-electron chi connectivity index (χ2n) is 10.1. The molecule has 2 aliphatic rings. The molecule has 8 nitrogen and oxygen atoms in total. The summed E-state index contributed by atoms with van der Waals surface area (Å²) in [5, 5.41) is 20.0. The Morgan fingerprint density at radius 1 is 1.24 bits per heavy atom. The summed E-state index contributed by atoms with van der Waals surface area (Å²) in [7, 11) is 0. The van der Waals surface area contributed by atoms with Gasteiger partial charge in [-0.25, -0.2) is 9.97 Å². The number of nitriles is 1. The highest BCUT2D eigenvalue weighted by atomic mass is 35.5. The number of aliphatic hydroxyl groups excluding tert-OH is 1. The van der Waals surface area contributed by atoms with E-state index in [0.717, 1.165) is 45.0 Å². The first-order valence-corrected chi connectivity index (χ1v) is 13.4. The Morgan fingerprint density at radius 3 is 2.73 bits per heavy atom. The number of anilines is 1. The zero-order chi connectivity index (χ0) is 26.3. The molecule has 1 N–H and O–H groups in total. The minimum absolute atomic E-state index is 0.0558. The highest BCUT2D eigenvalue weighted by Gasteiger charge is 2.36. The van der Waals surface area contributed by atoms with Gasteiger partial charge in [-0.05, 0) is 62.8 Å². The van der Waals surface area contributed by atoms with Gasteiger partial charge in [0.15, 0.2) is 5.65 Å². The molecule has 2 fully saturated rings. The zero-order valence-electron chi connectivity index (χ0n) is 21.0. The number of halogens is 2. The highest BCUT2D eigenvalue weighted by molar-refractivity contribution is 6.35. The molecule has 2 atom stereocenters. The molecular formula is C27H30Cl2N6O2. The van der Waals surface area contributed by atoms with Crippen LogP contribution in [0.4, 0.5) is 5.82 Å². The molecule has 0 spiro atoms. The predicted molar refractivity (Wildman–Crippen MR) is 145 cm³/mol. The number of nitrogens with zero attached hydrogens (tertiary/aromatic N) is 6. The summed E-state index contributed by atoms with van der Waals surface area (Å²) >= 11 is 12.6. The lowest BCUT2D eigenvalue weighted by molar-refractivity contribution is 0.101. The first kappa shape index (κ1) is 25.9. The molecule has 3 aromatic rings. The van der Waals surface area contributed by atoms with Gasteiger partial charge in [0, 0.05) is 41.8 Å². The number of fused-ring (bicyclic) bond motifs is 1. The van der Waals surface area contributed by atoms with Crippen LogP contribution < -0.4 is 10.5 Å². The van der Waals surface area contributed by atoms with Crippen LogP contribution in [-0.2, 0) is 0 Å². The molecule has 10 heteroatoms. The van der Waals surface area contributed by atoms with Crippen LogP contribution in [0.5, 0.6) is 0 Å². The summed E-state index contributed by atoms with van der Waals surface area (Å²) in [6.45, 7) is 8.39. The average molecular weight is 541 g/mol. The third-order valence-corrected chi connectivity index (χ3v) is 8.47. The lowest BCUT2D eigenvalue weighted by atomic mass is 9.80. The molecule has 0 amide bonds. The monoisotopic (exact) mass is 540 g/mol. The Labute approximate surface area is 226 Å². The molecule has 0 radical (unpaired) electrons. The van der Waals surface area contributed by atoms with Gasteiger partial charge in [-0.15, -0.1) is 0 Å². The SMILES string of the molecule is Cc1c(C#N)c(=O)n([C@H](C)c2ccc(Cl)cc2Cl)c2nc(N3CC([C@H]4CCCN(CCO)C4)C3)cnc12. The lowest BCUT2D eigenvalue weighted by Gasteiger charge is -2.47. The highest BCUT2D eigenvalue weighted by Crippen LogP contribution is 2.35. The van der Waals surface area contributed by atoms with Crippen LogP contribution in [0, 0.1) is 30.1 Å². The van der Waals surface area contributed by atoms with E-state index in [2.05, 4.69) is 20.9 Å². The molecule has 2 aromatic heterocycles. The Bertz CT molecular complexity index is 1430. The van der Waals surface area contributed by atoms with E-state index >= 15 is 0 Å². The van der Waals surface area contributed by atoms with Crippen LogP contribution in [0.1, 0.15) is 42.5 Å². The van der Waals surface area contributed by atoms with Crippen molar-refractivity contribution in [1.82, 2.24) is 19.4 Å². The number of aliphatic hydroxyl groups is 1. The Morgan fingerprint density at radius 2 is 2.03 bits per heavy atom. The van der Waals surface area contributed by atoms with Crippen LogP contribution in [0.3, 0.4) is 0 Å². The molecule has 0 aliphatic carbocycles. The molecule has 0 saturated carbocycles. The summed E-state index contributed by atoms with van der Waals surface area (Å²) in [6.07, 6.45) is 4.11. The maximum atomic E-state index is 13.5. The number of pyridine rings is 1. The molecule has 194 valence electrons. The largest absolute Gasteiger partial charge is 0.395 e. The smallest absolute Gasteiger partial charge is 0.271 e. The molecule has 4 heterocycles. The van der Waals surface area contributed by atoms with Crippen molar-refractivity contribution < 1.29 is 5.11 Å². The summed E-state index contributed by atoms with van der Waals surface area (Å²) in [4.78, 5) is 27.6. The van der Waals surface area contributed by atoms with E-state index in [4.69, 9.17) is 28.2 Å². The third kappa shape index (κ3) is 4.82. The van der Waals surface area contributed by atoms with Crippen molar-refractivity contribution in [1.29, 1.82) is 5.26 Å². The van der Waals surface area contributed by atoms with Crippen molar-refractivity contribution in [3.8, 4) is 6.07 Å². The number of β-amino-alcohol motifs (C(OH)–C–C–N with tert-alkyl or cyclic N) is 1. The van der Waals surface area contributed by atoms with Crippen molar-refractivity contribution in [3.05, 3.63) is 61.5 Å². The number of hydrogen-bond acceptors (Lipinski definition) is 7. The topological polar surface area (TPSA) is 98.3 Å². The van der Waals surface area contributed by atoms with Gasteiger partial charge >= 0.3 is 0 Å². The molecule has 37 heavy (non-hydrogen) atoms. The Balaban J connectivity index is 1.49. The van der Waals surface area contributed by atoms with E-state index < -0.39 is 11.6 Å². The van der Waals surface area contributed by atoms with Crippen LogP contribution in [0.15, 0.2) is 29.2 Å². The molecule has 0 unspecified atom stereocenters. The van der Waals surface area contributed by atoms with E-state index in [0.29, 0.717) is 44.2 Å². The normalized spacial score (nSPS) is 19.6. The minimum atomic E-state index is -0.485. The summed E-state index contributed by atoms with van der Waals surface area (Å²) in [5.74, 6) is 1.89. The predicted octanol–water partition coefficient (Wildman–Crippen LogP) is 4.03. The van der Waals surface area contributed by atoms with Gasteiger partial charge in [0.25, 0.3) is 5.56 Å². The second-order valence-corrected chi connectivity index (χ2v) is 11.0. The van der Waals surface area contributed by atoms with Crippen LogP contribution in [0.25, 0.3) is 11.2 Å². The van der Waals surface area contributed by atoms with E-state index in [-0.39, 0.29) is 12.2 Å². The number of piperidine rings is 1. The van der Waals surface area contributed by atoms with Crippen LogP contribution >= 0.6 is 23.2 Å². The van der Waals surface area contributed by atoms with Gasteiger partial charge in [-0.3, -0.25) is 9.36 Å². The van der Waals surface area contributed by atoms with Crippen molar-refractivity contribution in [2.24, 2.45) is 11.8 Å². The first-order chi connectivity index (χ1) is 17.8. The maximum absolute atomic E-state index is 13.5. The van der Waals surface area contributed by atoms with Crippen LogP contribution in [-0.4, -0.2) is 63.9 Å². The van der Waals surface area contributed by atoms with E-state index in [1.165, 1.54) is 11.0 Å². The fourth-order valence-electron chi connectivity index (χ4n) is 5.74. The van der Waals surface area contributed by atoms with E-state index in [1.54, 1.807) is 31.3 Å². The van der Waals surface area contributed by atoms with Crippen molar-refractivity contribution in [2.75, 3.05) is 44.2 Å². The molecule has 1 aromatic carbocycles. The molecule has 2 aliphatic heterocycles. The van der Waals surface area contributed by atoms with Crippen molar-refractivity contribution in [2.45, 2.75) is 32.7 Å². The molecular weight excluding hydrogens is 511 g/mol. The van der Waals surface area contributed by atoms with Gasteiger partial charge in [0.1, 0.15) is 23.0 Å². The van der Waals surface area contributed by atoms with Gasteiger partial charge in [-0.1, -0.05) is 29.3 Å². The summed E-state index contributed by atoms with van der Waals surface area (Å²) in [5.41, 5.74) is 1.85. The zero-order valence-corrected chi connectivity index (χ0v) is 22.5. The number of aryl methyl sites for hydroxylation is 1. The fraction of sp³-hybridized carbons (Fsp3) is 0.481. The third-order valence-electron chi connectivity index (χ3n) is 7.90. The summed E-state index contributed by atoms with van der Waals surface area (Å²) < 4.78 is 1.53. The fourth-order valence-corrected chi connectivity index (χ4v) is 6.31. The summed E-state index contributed by atoms with van der Waals surface area (Å²) in [6, 6.07) is 6.74. The lowest BCUT2D eigenvalue weighted by Crippen LogP contribution is -2.54. The minimum Gasteiger partial charge on any atom is -0.395 e. The quantitative estimate of drug-likeness (QED) is 0.503. The number of aromatic nitrogens is 3. The second kappa shape index (κ2) is 10.6. The molecule has 2 saturated heterocycles. The van der Waals surface area contributed by atoms with Crippen molar-refractivity contribution >= 4 is 40.2 Å². The van der Waals surface area contributed by atoms with Gasteiger partial charge in [-0.2, -0.15) is 5.26 Å². The van der Waals surface area contributed by atoms with E-state index in [9.17, 15) is 15.2 Å². The molecule has 5 rings (SSSR count). The van der Waals surface area contributed by atoms with Gasteiger partial charge < -0.3 is 14.9 Å². The number of hydrogen-bond donors (Lipinski definition) is 1. The van der Waals surface area contributed by atoms with Crippen molar-refractivity contribution in [3.63, 3.8) is 0 Å². The Hall–Kier alpha value is -2.70. The number of benzene rings is 1. The maximum Gasteiger partial charge on any atom is 0.271 e. The first-order valence-electron chi connectivity index (χ1n) is 12.7. The van der Waals surface area contributed by atoms with Crippen LogP contribution in [0.2, 0.25) is 10.0 Å². The number of rotatable bonds is 6. The standard InChI is InChI=1S/C27H30Cl2N6O2/c1-16-22(11-30)27(37)35(17(2)21-6-5-20(28)10-23(21)29)26-25(16)31-12-24(32-26)34-14-19(15-34)18-4-3-7-33(13-18)8-9-36/h5-6,10,12,17-19,36H,3-4,7-9,13-15H2,1-2H3/t17-,18+/m1/s1. The van der Waals surface area contributed by atoms with Gasteiger partial charge in [0.2, 0.25) is 0 Å². The average Bonchev–Trinajstić information content (AvgIpc) is 2.84.